The Hall–Kier alpha value is -0.470. The lowest BCUT2D eigenvalue weighted by atomic mass is 9.92. The topological polar surface area (TPSA) is 12.4 Å². The van der Waals surface area contributed by atoms with Crippen LogP contribution in [0.25, 0.3) is 0 Å². The molecule has 0 heterocycles. The predicted octanol–water partition coefficient (Wildman–Crippen LogP) is 3.44. The van der Waals surface area contributed by atoms with Gasteiger partial charge in [-0.1, -0.05) is 6.92 Å². The lowest BCUT2D eigenvalue weighted by molar-refractivity contribution is -0.0373. The molecular weight excluding hydrogens is 172 g/mol. The van der Waals surface area contributed by atoms with Crippen LogP contribution in [0.3, 0.4) is 0 Å². The average molecular weight is 189 g/mol. The molecule has 0 saturated heterocycles. The highest BCUT2D eigenvalue weighted by atomic mass is 19.3. The molecule has 76 valence electrons. The number of hydrogen-bond donors (Lipinski definition) is 0. The van der Waals surface area contributed by atoms with Crippen LogP contribution in [0.2, 0.25) is 0 Å². The second-order valence-electron chi connectivity index (χ2n) is 3.81. The van der Waals surface area contributed by atoms with Crippen LogP contribution in [-0.2, 0) is 0 Å². The summed E-state index contributed by atoms with van der Waals surface area (Å²) in [5.74, 6) is -2.42. The number of nitrogens with zero attached hydrogens (tertiary/aromatic N) is 1. The Bertz CT molecular complexity index is 189. The third-order valence-electron chi connectivity index (χ3n) is 2.60. The molecule has 0 aromatic rings. The van der Waals surface area contributed by atoms with Crippen LogP contribution < -0.4 is 0 Å². The summed E-state index contributed by atoms with van der Waals surface area (Å²) >= 11 is 0. The predicted molar refractivity (Wildman–Crippen MR) is 50.6 cm³/mol. The van der Waals surface area contributed by atoms with Gasteiger partial charge in [0.15, 0.2) is 0 Å². The average Bonchev–Trinajstić information content (AvgIpc) is 2.08. The van der Waals surface area contributed by atoms with E-state index >= 15 is 0 Å². The van der Waals surface area contributed by atoms with Crippen molar-refractivity contribution >= 4 is 5.71 Å². The van der Waals surface area contributed by atoms with E-state index in [0.717, 1.165) is 12.1 Å². The Morgan fingerprint density at radius 1 is 1.38 bits per heavy atom. The van der Waals surface area contributed by atoms with E-state index in [1.54, 1.807) is 0 Å². The number of alkyl halides is 2. The smallest absolute Gasteiger partial charge is 0.248 e. The van der Waals surface area contributed by atoms with Gasteiger partial charge in [-0.3, -0.25) is 4.99 Å². The van der Waals surface area contributed by atoms with Gasteiger partial charge in [-0.2, -0.15) is 0 Å². The first-order chi connectivity index (χ1) is 6.03. The van der Waals surface area contributed by atoms with Crippen LogP contribution in [0.1, 0.15) is 46.0 Å². The highest BCUT2D eigenvalue weighted by molar-refractivity contribution is 5.81. The van der Waals surface area contributed by atoms with Crippen molar-refractivity contribution in [1.29, 1.82) is 0 Å². The number of rotatable bonds is 2. The minimum Gasteiger partial charge on any atom is -0.291 e. The van der Waals surface area contributed by atoms with Gasteiger partial charge in [0, 0.05) is 18.6 Å². The van der Waals surface area contributed by atoms with E-state index in [1.165, 1.54) is 0 Å². The first-order valence-corrected chi connectivity index (χ1v) is 4.94. The summed E-state index contributed by atoms with van der Waals surface area (Å²) in [6.45, 7) is 4.00. The van der Waals surface area contributed by atoms with Crippen LogP contribution in [-0.4, -0.2) is 17.7 Å². The Balaban J connectivity index is 2.42. The van der Waals surface area contributed by atoms with E-state index in [-0.39, 0.29) is 18.9 Å². The molecule has 1 aliphatic rings. The first kappa shape index (κ1) is 10.6. The molecular formula is C10H17F2N. The van der Waals surface area contributed by atoms with Gasteiger partial charge in [-0.15, -0.1) is 0 Å². The Labute approximate surface area is 78.2 Å². The molecule has 0 atom stereocenters. The normalized spacial score (nSPS) is 24.8. The summed E-state index contributed by atoms with van der Waals surface area (Å²) in [6.07, 6.45) is 2.04. The fourth-order valence-corrected chi connectivity index (χ4v) is 1.56. The zero-order chi connectivity index (χ0) is 9.90. The SMILES string of the molecule is CCC(C)=NC1CCC(F)(F)CC1. The zero-order valence-corrected chi connectivity index (χ0v) is 8.32. The quantitative estimate of drug-likeness (QED) is 0.590. The van der Waals surface area contributed by atoms with Crippen LogP contribution in [0.5, 0.6) is 0 Å². The van der Waals surface area contributed by atoms with E-state index in [0.29, 0.717) is 12.8 Å². The molecule has 0 spiro atoms. The second kappa shape index (κ2) is 4.16. The molecule has 0 N–H and O–H groups in total. The lowest BCUT2D eigenvalue weighted by Gasteiger charge is -2.26. The Kier molecular flexibility index (Phi) is 3.40. The molecule has 1 aliphatic carbocycles. The molecule has 1 nitrogen and oxygen atoms in total. The molecule has 1 fully saturated rings. The van der Waals surface area contributed by atoms with Gasteiger partial charge in [0.25, 0.3) is 0 Å². The van der Waals surface area contributed by atoms with Gasteiger partial charge in [-0.05, 0) is 26.2 Å². The maximum atomic E-state index is 12.7. The fraction of sp³-hybridized carbons (Fsp3) is 0.900. The maximum absolute atomic E-state index is 12.7. The third kappa shape index (κ3) is 3.41. The summed E-state index contributed by atoms with van der Waals surface area (Å²) < 4.78 is 25.5. The molecule has 0 unspecified atom stereocenters. The molecule has 0 aliphatic heterocycles. The van der Waals surface area contributed by atoms with Crippen molar-refractivity contribution in [3.05, 3.63) is 0 Å². The van der Waals surface area contributed by atoms with Crippen molar-refractivity contribution in [3.8, 4) is 0 Å². The Morgan fingerprint density at radius 3 is 2.38 bits per heavy atom. The van der Waals surface area contributed by atoms with Crippen molar-refractivity contribution in [1.82, 2.24) is 0 Å². The van der Waals surface area contributed by atoms with Gasteiger partial charge in [0.2, 0.25) is 5.92 Å². The molecule has 0 bridgehead atoms. The molecule has 3 heteroatoms. The van der Waals surface area contributed by atoms with Crippen LogP contribution >= 0.6 is 0 Å². The van der Waals surface area contributed by atoms with Crippen molar-refractivity contribution in [3.63, 3.8) is 0 Å². The molecule has 13 heavy (non-hydrogen) atoms. The molecule has 0 radical (unpaired) electrons. The molecule has 0 amide bonds. The van der Waals surface area contributed by atoms with Crippen molar-refractivity contribution in [2.45, 2.75) is 57.9 Å². The van der Waals surface area contributed by atoms with E-state index in [9.17, 15) is 8.78 Å². The maximum Gasteiger partial charge on any atom is 0.248 e. The van der Waals surface area contributed by atoms with E-state index in [2.05, 4.69) is 4.99 Å². The van der Waals surface area contributed by atoms with Gasteiger partial charge < -0.3 is 0 Å². The monoisotopic (exact) mass is 189 g/mol. The minimum atomic E-state index is -2.42. The van der Waals surface area contributed by atoms with E-state index in [1.807, 2.05) is 13.8 Å². The molecule has 0 aromatic heterocycles. The van der Waals surface area contributed by atoms with Crippen LogP contribution in [0, 0.1) is 0 Å². The molecule has 0 aromatic carbocycles. The third-order valence-corrected chi connectivity index (χ3v) is 2.60. The fourth-order valence-electron chi connectivity index (χ4n) is 1.56. The van der Waals surface area contributed by atoms with Crippen LogP contribution in [0.4, 0.5) is 8.78 Å². The summed E-state index contributed by atoms with van der Waals surface area (Å²) in [5, 5.41) is 0. The van der Waals surface area contributed by atoms with Crippen molar-refractivity contribution in [2.75, 3.05) is 0 Å². The second-order valence-corrected chi connectivity index (χ2v) is 3.81. The standard InChI is InChI=1S/C10H17F2N/c1-3-8(2)13-9-4-6-10(11,12)7-5-9/h9H,3-7H2,1-2H3. The summed E-state index contributed by atoms with van der Waals surface area (Å²) in [6, 6.07) is 0.152. The number of aliphatic imine (C=N–C) groups is 1. The van der Waals surface area contributed by atoms with Crippen molar-refractivity contribution in [2.24, 2.45) is 4.99 Å². The highest BCUT2D eigenvalue weighted by Crippen LogP contribution is 2.34. The zero-order valence-electron chi connectivity index (χ0n) is 8.32. The Morgan fingerprint density at radius 2 is 1.92 bits per heavy atom. The summed E-state index contributed by atoms with van der Waals surface area (Å²) in [5.41, 5.74) is 1.08. The summed E-state index contributed by atoms with van der Waals surface area (Å²) in [7, 11) is 0. The lowest BCUT2D eigenvalue weighted by Crippen LogP contribution is -2.26. The van der Waals surface area contributed by atoms with Gasteiger partial charge in [-0.25, -0.2) is 8.78 Å². The summed E-state index contributed by atoms with van der Waals surface area (Å²) in [4.78, 5) is 4.40. The molecule has 1 saturated carbocycles. The van der Waals surface area contributed by atoms with E-state index < -0.39 is 5.92 Å². The van der Waals surface area contributed by atoms with Gasteiger partial charge in [0.05, 0.1) is 6.04 Å². The number of halogens is 2. The van der Waals surface area contributed by atoms with E-state index in [4.69, 9.17) is 0 Å². The van der Waals surface area contributed by atoms with Crippen LogP contribution in [0.15, 0.2) is 4.99 Å². The first-order valence-electron chi connectivity index (χ1n) is 4.94. The van der Waals surface area contributed by atoms with Gasteiger partial charge >= 0.3 is 0 Å². The molecule has 1 rings (SSSR count). The highest BCUT2D eigenvalue weighted by Gasteiger charge is 2.34. The van der Waals surface area contributed by atoms with Crippen molar-refractivity contribution < 1.29 is 8.78 Å². The number of hydrogen-bond acceptors (Lipinski definition) is 1. The minimum absolute atomic E-state index is 0.0121. The van der Waals surface area contributed by atoms with Gasteiger partial charge in [0.1, 0.15) is 0 Å². The largest absolute Gasteiger partial charge is 0.291 e.